The number of hydrogen-bond acceptors (Lipinski definition) is 2. The molecule has 1 aliphatic heterocycles. The van der Waals surface area contributed by atoms with Crippen LogP contribution < -0.4 is 0 Å². The summed E-state index contributed by atoms with van der Waals surface area (Å²) in [6.45, 7) is 2.11. The van der Waals surface area contributed by atoms with Crippen molar-refractivity contribution in [3.8, 4) is 0 Å². The van der Waals surface area contributed by atoms with Crippen molar-refractivity contribution >= 4 is 21.8 Å². The number of nitrogens with zero attached hydrogens (tertiary/aromatic N) is 1. The number of likely N-dealkylation sites (tertiary alicyclic amines) is 1. The van der Waals surface area contributed by atoms with Crippen LogP contribution in [0.5, 0.6) is 0 Å². The van der Waals surface area contributed by atoms with Gasteiger partial charge < -0.3 is 9.64 Å². The van der Waals surface area contributed by atoms with Crippen molar-refractivity contribution in [2.45, 2.75) is 6.42 Å². The molecule has 0 aliphatic carbocycles. The van der Waals surface area contributed by atoms with Gasteiger partial charge in [0, 0.05) is 30.6 Å². The Morgan fingerprint density at radius 1 is 1.61 bits per heavy atom. The van der Waals surface area contributed by atoms with Crippen molar-refractivity contribution in [2.75, 3.05) is 26.8 Å². The molecule has 1 aromatic carbocycles. The number of carbonyl (C=O) groups excluding carboxylic acids is 1. The Hall–Kier alpha value is -0.940. The Morgan fingerprint density at radius 3 is 3.06 bits per heavy atom. The van der Waals surface area contributed by atoms with E-state index in [9.17, 15) is 9.18 Å². The summed E-state index contributed by atoms with van der Waals surface area (Å²) in [6, 6.07) is 4.14. The highest BCUT2D eigenvalue weighted by Crippen LogP contribution is 2.23. The molecule has 5 heteroatoms. The summed E-state index contributed by atoms with van der Waals surface area (Å²) in [5.74, 6) is -0.00393. The van der Waals surface area contributed by atoms with E-state index in [0.29, 0.717) is 29.1 Å². The van der Waals surface area contributed by atoms with Crippen LogP contribution in [0.1, 0.15) is 16.8 Å². The zero-order valence-corrected chi connectivity index (χ0v) is 11.7. The van der Waals surface area contributed by atoms with Gasteiger partial charge in [-0.15, -0.1) is 0 Å². The summed E-state index contributed by atoms with van der Waals surface area (Å²) in [4.78, 5) is 14.1. The van der Waals surface area contributed by atoms with Crippen LogP contribution in [0.25, 0.3) is 0 Å². The van der Waals surface area contributed by atoms with E-state index in [4.69, 9.17) is 4.74 Å². The molecule has 0 bridgehead atoms. The van der Waals surface area contributed by atoms with E-state index >= 15 is 0 Å². The Labute approximate surface area is 114 Å². The van der Waals surface area contributed by atoms with Gasteiger partial charge in [0.05, 0.1) is 12.2 Å². The number of halogens is 2. The molecule has 2 rings (SSSR count). The lowest BCUT2D eigenvalue weighted by atomic mass is 10.1. The average Bonchev–Trinajstić information content (AvgIpc) is 2.77. The molecule has 1 aliphatic rings. The van der Waals surface area contributed by atoms with E-state index in [0.717, 1.165) is 13.0 Å². The summed E-state index contributed by atoms with van der Waals surface area (Å²) in [7, 11) is 1.67. The van der Waals surface area contributed by atoms with Crippen LogP contribution in [0.15, 0.2) is 22.7 Å². The third-order valence-corrected chi connectivity index (χ3v) is 3.79. The highest BCUT2D eigenvalue weighted by molar-refractivity contribution is 9.10. The van der Waals surface area contributed by atoms with Gasteiger partial charge in [0.15, 0.2) is 0 Å². The number of benzene rings is 1. The molecule has 0 saturated carbocycles. The number of hydrogen-bond donors (Lipinski definition) is 0. The summed E-state index contributed by atoms with van der Waals surface area (Å²) >= 11 is 3.23. The molecular weight excluding hydrogens is 301 g/mol. The van der Waals surface area contributed by atoms with Gasteiger partial charge in [0.25, 0.3) is 5.91 Å². The molecule has 0 radical (unpaired) electrons. The molecular formula is C13H15BrFNO2. The maximum Gasteiger partial charge on any atom is 0.255 e. The van der Waals surface area contributed by atoms with Gasteiger partial charge >= 0.3 is 0 Å². The summed E-state index contributed by atoms with van der Waals surface area (Å²) in [6.07, 6.45) is 0.957. The molecule has 0 aromatic heterocycles. The third-order valence-electron chi connectivity index (χ3n) is 3.14. The zero-order valence-electron chi connectivity index (χ0n) is 10.2. The third kappa shape index (κ3) is 2.90. The zero-order chi connectivity index (χ0) is 13.1. The van der Waals surface area contributed by atoms with Crippen molar-refractivity contribution in [1.82, 2.24) is 4.90 Å². The van der Waals surface area contributed by atoms with E-state index in [1.807, 2.05) is 0 Å². The Morgan fingerprint density at radius 2 is 2.39 bits per heavy atom. The molecule has 1 fully saturated rings. The van der Waals surface area contributed by atoms with Crippen LogP contribution in [-0.2, 0) is 4.74 Å². The van der Waals surface area contributed by atoms with Crippen LogP contribution >= 0.6 is 15.9 Å². The van der Waals surface area contributed by atoms with Gasteiger partial charge in [-0.1, -0.05) is 0 Å². The lowest BCUT2D eigenvalue weighted by molar-refractivity contribution is 0.0774. The number of ether oxygens (including phenoxy) is 1. The molecule has 1 aromatic rings. The van der Waals surface area contributed by atoms with Crippen LogP contribution in [0.4, 0.5) is 4.39 Å². The van der Waals surface area contributed by atoms with Crippen molar-refractivity contribution in [3.63, 3.8) is 0 Å². The molecule has 1 saturated heterocycles. The summed E-state index contributed by atoms with van der Waals surface area (Å²) in [5.41, 5.74) is 0.509. The minimum absolute atomic E-state index is 0.0551. The van der Waals surface area contributed by atoms with Crippen molar-refractivity contribution in [3.05, 3.63) is 34.1 Å². The first-order valence-corrected chi connectivity index (χ1v) is 6.64. The van der Waals surface area contributed by atoms with Gasteiger partial charge in [-0.05, 0) is 40.5 Å². The number of amides is 1. The van der Waals surface area contributed by atoms with Crippen molar-refractivity contribution < 1.29 is 13.9 Å². The van der Waals surface area contributed by atoms with Crippen molar-refractivity contribution in [1.29, 1.82) is 0 Å². The minimum atomic E-state index is -0.350. The fourth-order valence-electron chi connectivity index (χ4n) is 2.22. The van der Waals surface area contributed by atoms with Crippen molar-refractivity contribution in [2.24, 2.45) is 5.92 Å². The van der Waals surface area contributed by atoms with Gasteiger partial charge in [0.1, 0.15) is 5.82 Å². The predicted octanol–water partition coefficient (Wildman–Crippen LogP) is 2.70. The van der Waals surface area contributed by atoms with Gasteiger partial charge in [0.2, 0.25) is 0 Å². The number of carbonyl (C=O) groups is 1. The van der Waals surface area contributed by atoms with Crippen LogP contribution in [-0.4, -0.2) is 37.6 Å². The molecule has 1 amide bonds. The van der Waals surface area contributed by atoms with E-state index < -0.39 is 0 Å². The molecule has 0 spiro atoms. The van der Waals surface area contributed by atoms with E-state index in [-0.39, 0.29) is 11.7 Å². The van der Waals surface area contributed by atoms with Crippen LogP contribution in [0, 0.1) is 11.7 Å². The summed E-state index contributed by atoms with van der Waals surface area (Å²) < 4.78 is 18.6. The van der Waals surface area contributed by atoms with Gasteiger partial charge in [-0.3, -0.25) is 4.79 Å². The largest absolute Gasteiger partial charge is 0.384 e. The molecule has 1 heterocycles. The Kier molecular flexibility index (Phi) is 4.35. The molecule has 1 atom stereocenters. The van der Waals surface area contributed by atoms with Gasteiger partial charge in [-0.25, -0.2) is 4.39 Å². The fourth-order valence-corrected chi connectivity index (χ4v) is 2.74. The highest BCUT2D eigenvalue weighted by Gasteiger charge is 2.27. The lowest BCUT2D eigenvalue weighted by Gasteiger charge is -2.17. The summed E-state index contributed by atoms with van der Waals surface area (Å²) in [5, 5.41) is 0. The molecule has 18 heavy (non-hydrogen) atoms. The van der Waals surface area contributed by atoms with E-state index in [1.165, 1.54) is 18.2 Å². The number of methoxy groups -OCH3 is 1. The number of rotatable bonds is 3. The fraction of sp³-hybridized carbons (Fsp3) is 0.462. The van der Waals surface area contributed by atoms with E-state index in [1.54, 1.807) is 12.0 Å². The molecule has 98 valence electrons. The minimum Gasteiger partial charge on any atom is -0.384 e. The van der Waals surface area contributed by atoms with Crippen LogP contribution in [0.3, 0.4) is 0 Å². The maximum absolute atomic E-state index is 13.0. The monoisotopic (exact) mass is 315 g/mol. The second-order valence-corrected chi connectivity index (χ2v) is 5.34. The predicted molar refractivity (Wildman–Crippen MR) is 70.0 cm³/mol. The Balaban J connectivity index is 2.08. The SMILES string of the molecule is COCC1CCN(C(=O)c2ccc(F)cc2Br)C1. The quantitative estimate of drug-likeness (QED) is 0.858. The Bertz CT molecular complexity index is 453. The first kappa shape index (κ1) is 13.5. The lowest BCUT2D eigenvalue weighted by Crippen LogP contribution is -2.29. The average molecular weight is 316 g/mol. The maximum atomic E-state index is 13.0. The topological polar surface area (TPSA) is 29.5 Å². The standard InChI is InChI=1S/C13H15BrFNO2/c1-18-8-9-4-5-16(7-9)13(17)11-3-2-10(15)6-12(11)14/h2-3,6,9H,4-5,7-8H2,1H3. The highest BCUT2D eigenvalue weighted by atomic mass is 79.9. The molecule has 0 N–H and O–H groups in total. The van der Waals surface area contributed by atoms with E-state index in [2.05, 4.69) is 15.9 Å². The normalized spacial score (nSPS) is 19.3. The smallest absolute Gasteiger partial charge is 0.255 e. The first-order chi connectivity index (χ1) is 8.61. The molecule has 1 unspecified atom stereocenters. The van der Waals surface area contributed by atoms with Gasteiger partial charge in [-0.2, -0.15) is 0 Å². The molecule has 3 nitrogen and oxygen atoms in total. The first-order valence-electron chi connectivity index (χ1n) is 5.85. The van der Waals surface area contributed by atoms with Crippen LogP contribution in [0.2, 0.25) is 0 Å². The second kappa shape index (κ2) is 5.80. The second-order valence-electron chi connectivity index (χ2n) is 4.49.